The second kappa shape index (κ2) is 6.66. The van der Waals surface area contributed by atoms with E-state index >= 15 is 0 Å². The van der Waals surface area contributed by atoms with Gasteiger partial charge in [-0.15, -0.1) is 0 Å². The second-order valence-electron chi connectivity index (χ2n) is 4.37. The summed E-state index contributed by atoms with van der Waals surface area (Å²) < 4.78 is 0. The molecule has 2 atom stereocenters. The molecule has 0 aliphatic heterocycles. The van der Waals surface area contributed by atoms with Crippen LogP contribution in [0.1, 0.15) is 49.7 Å². The zero-order chi connectivity index (χ0) is 12.0. The number of aliphatic hydroxyl groups is 2. The van der Waals surface area contributed by atoms with Crippen molar-refractivity contribution in [3.05, 3.63) is 35.4 Å². The Morgan fingerprint density at radius 1 is 1.06 bits per heavy atom. The molecule has 1 aromatic carbocycles. The van der Waals surface area contributed by atoms with E-state index in [9.17, 15) is 5.11 Å². The van der Waals surface area contributed by atoms with Crippen LogP contribution in [-0.2, 0) is 0 Å². The quantitative estimate of drug-likeness (QED) is 0.777. The average Bonchev–Trinajstić information content (AvgIpc) is 2.35. The average molecular weight is 222 g/mol. The van der Waals surface area contributed by atoms with E-state index in [1.54, 1.807) is 0 Å². The Kier molecular flexibility index (Phi) is 5.50. The van der Waals surface area contributed by atoms with Gasteiger partial charge in [-0.2, -0.15) is 0 Å². The van der Waals surface area contributed by atoms with Crippen molar-refractivity contribution in [1.29, 1.82) is 0 Å². The summed E-state index contributed by atoms with van der Waals surface area (Å²) in [7, 11) is 0. The molecule has 0 aliphatic rings. The number of benzene rings is 1. The lowest BCUT2D eigenvalue weighted by Crippen LogP contribution is -2.06. The summed E-state index contributed by atoms with van der Waals surface area (Å²) in [6.07, 6.45) is 1.76. The van der Waals surface area contributed by atoms with Crippen LogP contribution in [0.4, 0.5) is 0 Å². The van der Waals surface area contributed by atoms with Gasteiger partial charge in [0, 0.05) is 12.5 Å². The SMILES string of the molecule is CCC(C)c1ccc(C(CO)CCO)cc1. The minimum Gasteiger partial charge on any atom is -0.396 e. The lowest BCUT2D eigenvalue weighted by Gasteiger charge is -2.15. The smallest absolute Gasteiger partial charge is 0.0500 e. The van der Waals surface area contributed by atoms with Crippen molar-refractivity contribution in [2.24, 2.45) is 0 Å². The summed E-state index contributed by atoms with van der Waals surface area (Å²) in [6, 6.07) is 8.39. The molecule has 0 saturated heterocycles. The molecule has 1 aromatic rings. The molecule has 0 fully saturated rings. The van der Waals surface area contributed by atoms with Gasteiger partial charge in [0.15, 0.2) is 0 Å². The molecule has 2 heteroatoms. The van der Waals surface area contributed by atoms with Crippen LogP contribution in [0.2, 0.25) is 0 Å². The molecule has 0 aromatic heterocycles. The van der Waals surface area contributed by atoms with Gasteiger partial charge in [-0.3, -0.25) is 0 Å². The molecule has 1 rings (SSSR count). The van der Waals surface area contributed by atoms with Gasteiger partial charge < -0.3 is 10.2 Å². The van der Waals surface area contributed by atoms with Crippen molar-refractivity contribution in [1.82, 2.24) is 0 Å². The Balaban J connectivity index is 2.76. The standard InChI is InChI=1S/C14H22O2/c1-3-11(2)12-4-6-13(7-5-12)14(10-16)8-9-15/h4-7,11,14-16H,3,8-10H2,1-2H3. The van der Waals surface area contributed by atoms with Crippen LogP contribution >= 0.6 is 0 Å². The summed E-state index contributed by atoms with van der Waals surface area (Å²) in [5.74, 6) is 0.649. The molecular formula is C14H22O2. The first-order chi connectivity index (χ1) is 7.72. The highest BCUT2D eigenvalue weighted by Crippen LogP contribution is 2.23. The minimum absolute atomic E-state index is 0.0657. The van der Waals surface area contributed by atoms with Gasteiger partial charge in [0.25, 0.3) is 0 Å². The Hall–Kier alpha value is -0.860. The molecule has 0 saturated carbocycles. The van der Waals surface area contributed by atoms with Crippen molar-refractivity contribution in [2.45, 2.75) is 38.5 Å². The fourth-order valence-electron chi connectivity index (χ4n) is 1.85. The lowest BCUT2D eigenvalue weighted by molar-refractivity contribution is 0.220. The topological polar surface area (TPSA) is 40.5 Å². The van der Waals surface area contributed by atoms with Crippen molar-refractivity contribution < 1.29 is 10.2 Å². The first kappa shape index (κ1) is 13.2. The Labute approximate surface area is 97.9 Å². The molecule has 0 heterocycles. The third-order valence-electron chi connectivity index (χ3n) is 3.29. The van der Waals surface area contributed by atoms with Gasteiger partial charge in [0.05, 0.1) is 6.61 Å². The van der Waals surface area contributed by atoms with Crippen LogP contribution < -0.4 is 0 Å². The highest BCUT2D eigenvalue weighted by molar-refractivity contribution is 5.27. The number of hydrogen-bond donors (Lipinski definition) is 2. The number of rotatable bonds is 6. The maximum Gasteiger partial charge on any atom is 0.0500 e. The van der Waals surface area contributed by atoms with E-state index in [2.05, 4.69) is 38.1 Å². The summed E-state index contributed by atoms with van der Waals surface area (Å²) in [6.45, 7) is 4.62. The molecule has 0 aliphatic carbocycles. The Morgan fingerprint density at radius 3 is 2.06 bits per heavy atom. The van der Waals surface area contributed by atoms with E-state index in [0.29, 0.717) is 12.3 Å². The van der Waals surface area contributed by atoms with Crippen LogP contribution in [0.15, 0.2) is 24.3 Å². The third-order valence-corrected chi connectivity index (χ3v) is 3.29. The van der Waals surface area contributed by atoms with Crippen molar-refractivity contribution >= 4 is 0 Å². The summed E-state index contributed by atoms with van der Waals surface area (Å²) >= 11 is 0. The van der Waals surface area contributed by atoms with E-state index in [1.807, 2.05) is 0 Å². The van der Waals surface area contributed by atoms with Crippen molar-refractivity contribution in [3.63, 3.8) is 0 Å². The monoisotopic (exact) mass is 222 g/mol. The molecular weight excluding hydrogens is 200 g/mol. The van der Waals surface area contributed by atoms with Crippen LogP contribution in [0.25, 0.3) is 0 Å². The predicted molar refractivity (Wildman–Crippen MR) is 66.7 cm³/mol. The largest absolute Gasteiger partial charge is 0.396 e. The molecule has 2 N–H and O–H groups in total. The zero-order valence-electron chi connectivity index (χ0n) is 10.2. The van der Waals surface area contributed by atoms with Crippen LogP contribution in [0.5, 0.6) is 0 Å². The molecule has 16 heavy (non-hydrogen) atoms. The minimum atomic E-state index is 0.0657. The normalized spacial score (nSPS) is 14.8. The molecule has 0 bridgehead atoms. The lowest BCUT2D eigenvalue weighted by atomic mass is 9.92. The molecule has 2 nitrogen and oxygen atoms in total. The predicted octanol–water partition coefficient (Wildman–Crippen LogP) is 2.66. The maximum atomic E-state index is 9.22. The van der Waals surface area contributed by atoms with E-state index in [4.69, 9.17) is 5.11 Å². The number of hydrogen-bond acceptors (Lipinski definition) is 2. The van der Waals surface area contributed by atoms with Gasteiger partial charge in [0.2, 0.25) is 0 Å². The zero-order valence-corrected chi connectivity index (χ0v) is 10.2. The van der Waals surface area contributed by atoms with Gasteiger partial charge in [-0.05, 0) is 29.9 Å². The van der Waals surface area contributed by atoms with Crippen LogP contribution in [0.3, 0.4) is 0 Å². The van der Waals surface area contributed by atoms with Gasteiger partial charge in [-0.1, -0.05) is 38.1 Å². The van der Waals surface area contributed by atoms with Crippen molar-refractivity contribution in [2.75, 3.05) is 13.2 Å². The Morgan fingerprint density at radius 2 is 1.62 bits per heavy atom. The van der Waals surface area contributed by atoms with Gasteiger partial charge in [0.1, 0.15) is 0 Å². The second-order valence-corrected chi connectivity index (χ2v) is 4.37. The maximum absolute atomic E-state index is 9.22. The summed E-state index contributed by atoms with van der Waals surface area (Å²) in [4.78, 5) is 0. The fraction of sp³-hybridized carbons (Fsp3) is 0.571. The van der Waals surface area contributed by atoms with E-state index in [1.165, 1.54) is 5.56 Å². The molecule has 90 valence electrons. The molecule has 2 unspecified atom stereocenters. The summed E-state index contributed by atoms with van der Waals surface area (Å²) in [5, 5.41) is 18.1. The first-order valence-corrected chi connectivity index (χ1v) is 6.04. The molecule has 0 amide bonds. The highest BCUT2D eigenvalue weighted by atomic mass is 16.3. The van der Waals surface area contributed by atoms with E-state index < -0.39 is 0 Å². The highest BCUT2D eigenvalue weighted by Gasteiger charge is 2.10. The number of aliphatic hydroxyl groups excluding tert-OH is 2. The van der Waals surface area contributed by atoms with Crippen LogP contribution in [-0.4, -0.2) is 23.4 Å². The summed E-state index contributed by atoms with van der Waals surface area (Å²) in [5.41, 5.74) is 2.45. The molecule has 0 spiro atoms. The van der Waals surface area contributed by atoms with Gasteiger partial charge in [-0.25, -0.2) is 0 Å². The van der Waals surface area contributed by atoms with E-state index in [0.717, 1.165) is 12.0 Å². The fourth-order valence-corrected chi connectivity index (χ4v) is 1.85. The van der Waals surface area contributed by atoms with Gasteiger partial charge >= 0.3 is 0 Å². The first-order valence-electron chi connectivity index (χ1n) is 6.04. The Bertz CT molecular complexity index is 292. The van der Waals surface area contributed by atoms with E-state index in [-0.39, 0.29) is 19.1 Å². The van der Waals surface area contributed by atoms with Crippen molar-refractivity contribution in [3.8, 4) is 0 Å². The molecule has 0 radical (unpaired) electrons. The third kappa shape index (κ3) is 3.32. The van der Waals surface area contributed by atoms with Crippen LogP contribution in [0, 0.1) is 0 Å².